The Kier molecular flexibility index (Phi) is 5.29. The van der Waals surface area contributed by atoms with Gasteiger partial charge in [0.15, 0.2) is 11.5 Å². The summed E-state index contributed by atoms with van der Waals surface area (Å²) in [6.07, 6.45) is 5.08. The van der Waals surface area contributed by atoms with Crippen LogP contribution in [0.5, 0.6) is 11.5 Å². The van der Waals surface area contributed by atoms with Crippen LogP contribution in [0.3, 0.4) is 0 Å². The second kappa shape index (κ2) is 7.60. The number of para-hydroxylation sites is 1. The summed E-state index contributed by atoms with van der Waals surface area (Å²) in [4.78, 5) is 0. The molecule has 1 fully saturated rings. The highest BCUT2D eigenvalue weighted by atomic mass is 35.5. The molecular weight excluding hydrogens is 310 g/mol. The van der Waals surface area contributed by atoms with E-state index in [-0.39, 0.29) is 0 Å². The highest BCUT2D eigenvalue weighted by molar-refractivity contribution is 6.33. The highest BCUT2D eigenvalue weighted by Crippen LogP contribution is 2.32. The predicted molar refractivity (Wildman–Crippen MR) is 94.7 cm³/mol. The zero-order valence-electron chi connectivity index (χ0n) is 13.3. The minimum absolute atomic E-state index is 0.315. The van der Waals surface area contributed by atoms with Crippen molar-refractivity contribution in [2.45, 2.75) is 38.3 Å². The Balaban J connectivity index is 1.70. The fourth-order valence-corrected chi connectivity index (χ4v) is 3.11. The van der Waals surface area contributed by atoms with E-state index in [1.165, 1.54) is 12.8 Å². The molecule has 1 aliphatic carbocycles. The molecule has 0 radical (unpaired) electrons. The molecule has 0 bridgehead atoms. The van der Waals surface area contributed by atoms with Gasteiger partial charge in [0.05, 0.1) is 23.9 Å². The van der Waals surface area contributed by atoms with Gasteiger partial charge >= 0.3 is 0 Å². The Morgan fingerprint density at radius 1 is 1.09 bits per heavy atom. The highest BCUT2D eigenvalue weighted by Gasteiger charge is 2.18. The molecule has 3 nitrogen and oxygen atoms in total. The van der Waals surface area contributed by atoms with Crippen LogP contribution in [0.2, 0.25) is 5.02 Å². The second-order valence-electron chi connectivity index (χ2n) is 5.84. The minimum atomic E-state index is 0.315. The van der Waals surface area contributed by atoms with Gasteiger partial charge in [0.25, 0.3) is 0 Å². The van der Waals surface area contributed by atoms with E-state index < -0.39 is 0 Å². The number of hydrogen-bond acceptors (Lipinski definition) is 3. The van der Waals surface area contributed by atoms with Gasteiger partial charge in [0.1, 0.15) is 0 Å². The van der Waals surface area contributed by atoms with Gasteiger partial charge in [0.2, 0.25) is 0 Å². The molecule has 0 atom stereocenters. The Morgan fingerprint density at radius 3 is 2.61 bits per heavy atom. The molecule has 4 heteroatoms. The number of ether oxygens (including phenoxy) is 2. The number of nitrogens with one attached hydrogen (secondary N) is 1. The van der Waals surface area contributed by atoms with Gasteiger partial charge in [-0.1, -0.05) is 29.8 Å². The van der Waals surface area contributed by atoms with E-state index in [1.54, 1.807) is 7.11 Å². The molecule has 2 aromatic carbocycles. The summed E-state index contributed by atoms with van der Waals surface area (Å²) in [7, 11) is 1.68. The van der Waals surface area contributed by atoms with Gasteiger partial charge in [-0.2, -0.15) is 0 Å². The van der Waals surface area contributed by atoms with Gasteiger partial charge in [-0.25, -0.2) is 0 Å². The molecule has 1 aliphatic rings. The largest absolute Gasteiger partial charge is 0.493 e. The molecule has 0 amide bonds. The van der Waals surface area contributed by atoms with Gasteiger partial charge in [0, 0.05) is 6.54 Å². The van der Waals surface area contributed by atoms with Crippen LogP contribution < -0.4 is 14.8 Å². The van der Waals surface area contributed by atoms with Crippen LogP contribution in [-0.4, -0.2) is 13.2 Å². The lowest BCUT2D eigenvalue weighted by atomic mass is 10.2. The van der Waals surface area contributed by atoms with E-state index in [9.17, 15) is 0 Å². The van der Waals surface area contributed by atoms with Crippen LogP contribution in [0.1, 0.15) is 31.2 Å². The summed E-state index contributed by atoms with van der Waals surface area (Å²) >= 11 is 6.18. The van der Waals surface area contributed by atoms with Crippen molar-refractivity contribution in [1.29, 1.82) is 0 Å². The Hall–Kier alpha value is -1.87. The van der Waals surface area contributed by atoms with E-state index in [0.29, 0.717) is 12.6 Å². The number of methoxy groups -OCH3 is 1. The van der Waals surface area contributed by atoms with Crippen LogP contribution in [0.15, 0.2) is 42.5 Å². The SMILES string of the molecule is COc1ccc(CNc2ccccc2Cl)cc1OC1CCCC1. The van der Waals surface area contributed by atoms with Gasteiger partial charge in [-0.3, -0.25) is 0 Å². The molecule has 122 valence electrons. The van der Waals surface area contributed by atoms with Gasteiger partial charge in [-0.05, 0) is 55.5 Å². The normalized spacial score (nSPS) is 14.7. The first-order valence-electron chi connectivity index (χ1n) is 8.08. The number of anilines is 1. The first kappa shape index (κ1) is 16.0. The van der Waals surface area contributed by atoms with Crippen LogP contribution in [-0.2, 0) is 6.54 Å². The fraction of sp³-hybridized carbons (Fsp3) is 0.368. The average Bonchev–Trinajstić information content (AvgIpc) is 3.07. The molecule has 23 heavy (non-hydrogen) atoms. The van der Waals surface area contributed by atoms with Crippen LogP contribution in [0.4, 0.5) is 5.69 Å². The Labute approximate surface area is 142 Å². The molecule has 0 spiro atoms. The first-order valence-corrected chi connectivity index (χ1v) is 8.46. The van der Waals surface area contributed by atoms with E-state index in [0.717, 1.165) is 40.6 Å². The molecule has 0 heterocycles. The Morgan fingerprint density at radius 2 is 1.87 bits per heavy atom. The zero-order valence-corrected chi connectivity index (χ0v) is 14.1. The van der Waals surface area contributed by atoms with Crippen molar-refractivity contribution < 1.29 is 9.47 Å². The summed E-state index contributed by atoms with van der Waals surface area (Å²) in [5, 5.41) is 4.08. The summed E-state index contributed by atoms with van der Waals surface area (Å²) in [6.45, 7) is 0.689. The van der Waals surface area contributed by atoms with Gasteiger partial charge in [-0.15, -0.1) is 0 Å². The van der Waals surface area contributed by atoms with Crippen molar-refractivity contribution >= 4 is 17.3 Å². The van der Waals surface area contributed by atoms with Crippen molar-refractivity contribution in [1.82, 2.24) is 0 Å². The van der Waals surface area contributed by atoms with Crippen LogP contribution in [0, 0.1) is 0 Å². The molecule has 0 aliphatic heterocycles. The van der Waals surface area contributed by atoms with Crippen molar-refractivity contribution in [3.8, 4) is 11.5 Å². The quantitative estimate of drug-likeness (QED) is 0.781. The lowest BCUT2D eigenvalue weighted by Crippen LogP contribution is -2.12. The summed E-state index contributed by atoms with van der Waals surface area (Å²) in [6, 6.07) is 13.8. The first-order chi connectivity index (χ1) is 11.3. The number of hydrogen-bond donors (Lipinski definition) is 1. The molecule has 0 unspecified atom stereocenters. The van der Waals surface area contributed by atoms with E-state index >= 15 is 0 Å². The molecular formula is C19H22ClNO2. The maximum Gasteiger partial charge on any atom is 0.161 e. The monoisotopic (exact) mass is 331 g/mol. The molecule has 0 saturated heterocycles. The summed E-state index contributed by atoms with van der Waals surface area (Å²) in [5.74, 6) is 1.62. The van der Waals surface area contributed by atoms with Crippen molar-refractivity contribution in [2.24, 2.45) is 0 Å². The number of benzene rings is 2. The number of halogens is 1. The topological polar surface area (TPSA) is 30.5 Å². The zero-order chi connectivity index (χ0) is 16.1. The molecule has 0 aromatic heterocycles. The maximum absolute atomic E-state index is 6.18. The molecule has 3 rings (SSSR count). The minimum Gasteiger partial charge on any atom is -0.493 e. The van der Waals surface area contributed by atoms with E-state index in [2.05, 4.69) is 11.4 Å². The van der Waals surface area contributed by atoms with Crippen molar-refractivity contribution in [2.75, 3.05) is 12.4 Å². The lowest BCUT2D eigenvalue weighted by molar-refractivity contribution is 0.200. The third-order valence-electron chi connectivity index (χ3n) is 4.18. The van der Waals surface area contributed by atoms with Crippen LogP contribution in [0.25, 0.3) is 0 Å². The van der Waals surface area contributed by atoms with E-state index in [4.69, 9.17) is 21.1 Å². The smallest absolute Gasteiger partial charge is 0.161 e. The van der Waals surface area contributed by atoms with Crippen molar-refractivity contribution in [3.63, 3.8) is 0 Å². The maximum atomic E-state index is 6.18. The molecule has 1 saturated carbocycles. The van der Waals surface area contributed by atoms with E-state index in [1.807, 2.05) is 36.4 Å². The number of rotatable bonds is 6. The summed E-state index contributed by atoms with van der Waals surface area (Å²) in [5.41, 5.74) is 2.07. The predicted octanol–water partition coefficient (Wildman–Crippen LogP) is 5.28. The average molecular weight is 332 g/mol. The summed E-state index contributed by atoms with van der Waals surface area (Å²) < 4.78 is 11.6. The third-order valence-corrected chi connectivity index (χ3v) is 4.51. The second-order valence-corrected chi connectivity index (χ2v) is 6.25. The fourth-order valence-electron chi connectivity index (χ4n) is 2.91. The van der Waals surface area contributed by atoms with Crippen LogP contribution >= 0.6 is 11.6 Å². The molecule has 1 N–H and O–H groups in total. The standard InChI is InChI=1S/C19H22ClNO2/c1-22-18-11-10-14(12-19(18)23-15-6-2-3-7-15)13-21-17-9-5-4-8-16(17)20/h4-5,8-12,15,21H,2-3,6-7,13H2,1H3. The molecule has 2 aromatic rings. The van der Waals surface area contributed by atoms with Gasteiger partial charge < -0.3 is 14.8 Å². The van der Waals surface area contributed by atoms with Crippen molar-refractivity contribution in [3.05, 3.63) is 53.1 Å². The third kappa shape index (κ3) is 4.11. The lowest BCUT2D eigenvalue weighted by Gasteiger charge is -2.17. The Bertz CT molecular complexity index is 654.